The summed E-state index contributed by atoms with van der Waals surface area (Å²) in [4.78, 5) is 12.6. The minimum absolute atomic E-state index is 0.0404. The zero-order valence-electron chi connectivity index (χ0n) is 15.9. The van der Waals surface area contributed by atoms with Gasteiger partial charge in [0.15, 0.2) is 0 Å². The molecule has 0 aliphatic heterocycles. The van der Waals surface area contributed by atoms with E-state index in [4.69, 9.17) is 11.6 Å². The highest BCUT2D eigenvalue weighted by atomic mass is 79.9. The van der Waals surface area contributed by atoms with Crippen molar-refractivity contribution in [2.45, 2.75) is 10.9 Å². The fraction of sp³-hybridized carbons (Fsp3) is 0.150. The van der Waals surface area contributed by atoms with E-state index in [1.807, 2.05) is 29.0 Å². The lowest BCUT2D eigenvalue weighted by Crippen LogP contribution is -2.41. The molecule has 11 heteroatoms. The van der Waals surface area contributed by atoms with Crippen molar-refractivity contribution in [2.75, 3.05) is 13.1 Å². The van der Waals surface area contributed by atoms with Gasteiger partial charge in [0.1, 0.15) is 0 Å². The molecule has 0 aliphatic carbocycles. The van der Waals surface area contributed by atoms with E-state index in [9.17, 15) is 13.2 Å². The molecule has 6 nitrogen and oxygen atoms in total. The Kier molecular flexibility index (Phi) is 8.54. The molecule has 1 atom stereocenters. The normalized spacial score (nSPS) is 12.4. The molecule has 1 unspecified atom stereocenters. The first-order valence-electron chi connectivity index (χ1n) is 9.03. The Morgan fingerprint density at radius 2 is 1.77 bits per heavy atom. The fourth-order valence-electron chi connectivity index (χ4n) is 2.76. The number of hydrogen-bond acceptors (Lipinski definition) is 4. The fourth-order valence-corrected chi connectivity index (χ4v) is 6.10. The smallest absolute Gasteiger partial charge is 0.315 e. The van der Waals surface area contributed by atoms with Crippen LogP contribution in [0.5, 0.6) is 0 Å². The highest BCUT2D eigenvalue weighted by Gasteiger charge is 2.19. The van der Waals surface area contributed by atoms with Crippen LogP contribution < -0.4 is 15.4 Å². The molecule has 3 aromatic rings. The topological polar surface area (TPSA) is 87.3 Å². The van der Waals surface area contributed by atoms with E-state index >= 15 is 0 Å². The third-order valence-electron chi connectivity index (χ3n) is 4.24. The van der Waals surface area contributed by atoms with E-state index in [0.29, 0.717) is 14.0 Å². The number of nitrogens with one attached hydrogen (secondary N) is 3. The van der Waals surface area contributed by atoms with Crippen LogP contribution in [0.3, 0.4) is 0 Å². The van der Waals surface area contributed by atoms with E-state index in [1.54, 1.807) is 24.3 Å². The van der Waals surface area contributed by atoms with Crippen molar-refractivity contribution in [1.82, 2.24) is 15.4 Å². The summed E-state index contributed by atoms with van der Waals surface area (Å²) in [5, 5.41) is 10.1. The molecule has 1 heterocycles. The summed E-state index contributed by atoms with van der Waals surface area (Å²) >= 11 is 14.0. The van der Waals surface area contributed by atoms with Crippen LogP contribution in [0.2, 0.25) is 5.02 Å². The average molecular weight is 608 g/mol. The molecule has 0 aliphatic rings. The molecule has 2 aromatic carbocycles. The highest BCUT2D eigenvalue weighted by Crippen LogP contribution is 2.26. The van der Waals surface area contributed by atoms with Gasteiger partial charge in [0.25, 0.3) is 0 Å². The number of thiophene rings is 1. The summed E-state index contributed by atoms with van der Waals surface area (Å²) in [6.07, 6.45) is 0. The van der Waals surface area contributed by atoms with Gasteiger partial charge in [-0.2, -0.15) is 11.3 Å². The Hall–Kier alpha value is -1.43. The number of carbonyl (C=O) groups excluding carboxylic acids is 1. The molecule has 3 N–H and O–H groups in total. The largest absolute Gasteiger partial charge is 0.337 e. The van der Waals surface area contributed by atoms with Crippen molar-refractivity contribution in [2.24, 2.45) is 0 Å². The highest BCUT2D eigenvalue weighted by molar-refractivity contribution is 9.11. The van der Waals surface area contributed by atoms with Gasteiger partial charge in [-0.1, -0.05) is 39.7 Å². The maximum absolute atomic E-state index is 12.5. The number of amides is 2. The second-order valence-corrected chi connectivity index (χ2v) is 11.1. The maximum atomic E-state index is 12.5. The van der Waals surface area contributed by atoms with Crippen LogP contribution in [0.25, 0.3) is 0 Å². The molecular weight excluding hydrogens is 590 g/mol. The Morgan fingerprint density at radius 1 is 1.03 bits per heavy atom. The summed E-state index contributed by atoms with van der Waals surface area (Å²) in [7, 11) is -3.73. The third-order valence-corrected chi connectivity index (χ3v) is 8.14. The van der Waals surface area contributed by atoms with Crippen molar-refractivity contribution in [3.8, 4) is 0 Å². The van der Waals surface area contributed by atoms with Crippen LogP contribution in [0.1, 0.15) is 17.2 Å². The third kappa shape index (κ3) is 6.77. The van der Waals surface area contributed by atoms with Crippen LogP contribution in [0.4, 0.5) is 4.79 Å². The first-order valence-corrected chi connectivity index (χ1v) is 13.4. The monoisotopic (exact) mass is 605 g/mol. The van der Waals surface area contributed by atoms with E-state index in [0.717, 1.165) is 11.1 Å². The van der Waals surface area contributed by atoms with Crippen molar-refractivity contribution >= 4 is 70.9 Å². The van der Waals surface area contributed by atoms with Gasteiger partial charge in [0.2, 0.25) is 10.0 Å². The van der Waals surface area contributed by atoms with Crippen LogP contribution in [0.15, 0.2) is 73.1 Å². The molecule has 0 saturated heterocycles. The second kappa shape index (κ2) is 10.9. The summed E-state index contributed by atoms with van der Waals surface area (Å²) in [5.74, 6) is 0. The minimum Gasteiger partial charge on any atom is -0.337 e. The molecule has 0 radical (unpaired) electrons. The first kappa shape index (κ1) is 24.2. The van der Waals surface area contributed by atoms with Crippen LogP contribution in [0, 0.1) is 0 Å². The van der Waals surface area contributed by atoms with Crippen molar-refractivity contribution < 1.29 is 13.2 Å². The summed E-state index contributed by atoms with van der Waals surface area (Å²) < 4.78 is 28.6. The predicted molar refractivity (Wildman–Crippen MR) is 131 cm³/mol. The number of rotatable bonds is 8. The second-order valence-electron chi connectivity index (χ2n) is 6.41. The number of hydrogen-bond donors (Lipinski definition) is 3. The van der Waals surface area contributed by atoms with Gasteiger partial charge < -0.3 is 10.6 Å². The number of urea groups is 1. The van der Waals surface area contributed by atoms with Gasteiger partial charge in [-0.25, -0.2) is 17.9 Å². The quantitative estimate of drug-likeness (QED) is 0.304. The van der Waals surface area contributed by atoms with Crippen LogP contribution >= 0.6 is 54.8 Å². The number of halogens is 3. The number of carbonyl (C=O) groups is 1. The summed E-state index contributed by atoms with van der Waals surface area (Å²) in [6.45, 7) is 0.159. The lowest BCUT2D eigenvalue weighted by molar-refractivity contribution is 0.239. The molecule has 1 aromatic heterocycles. The van der Waals surface area contributed by atoms with Gasteiger partial charge in [-0.3, -0.25) is 0 Å². The Bertz CT molecular complexity index is 1140. The molecular formula is C20H18Br2ClN3O3S2. The zero-order chi connectivity index (χ0) is 22.4. The minimum atomic E-state index is -3.73. The van der Waals surface area contributed by atoms with E-state index in [1.165, 1.54) is 17.4 Å². The van der Waals surface area contributed by atoms with Crippen molar-refractivity contribution in [3.63, 3.8) is 0 Å². The van der Waals surface area contributed by atoms with Gasteiger partial charge in [-0.05, 0) is 74.2 Å². The molecule has 164 valence electrons. The zero-order valence-corrected chi connectivity index (χ0v) is 21.5. The van der Waals surface area contributed by atoms with Gasteiger partial charge in [0, 0.05) is 27.1 Å². The molecule has 31 heavy (non-hydrogen) atoms. The van der Waals surface area contributed by atoms with Crippen LogP contribution in [-0.4, -0.2) is 27.5 Å². The molecule has 2 amide bonds. The predicted octanol–water partition coefficient (Wildman–Crippen LogP) is 5.29. The Labute approximate surface area is 206 Å². The first-order chi connectivity index (χ1) is 14.8. The Morgan fingerprint density at radius 3 is 2.45 bits per heavy atom. The summed E-state index contributed by atoms with van der Waals surface area (Å²) in [6, 6.07) is 13.3. The number of benzene rings is 2. The van der Waals surface area contributed by atoms with Crippen molar-refractivity contribution in [3.05, 3.63) is 84.4 Å². The molecule has 3 rings (SSSR count). The van der Waals surface area contributed by atoms with E-state index in [-0.39, 0.29) is 24.0 Å². The molecule has 0 spiro atoms. The van der Waals surface area contributed by atoms with Crippen LogP contribution in [-0.2, 0) is 10.0 Å². The summed E-state index contributed by atoms with van der Waals surface area (Å²) in [5.41, 5.74) is 1.83. The SMILES string of the molecule is O=C(NCCNS(=O)(=O)c1cc(Br)ccc1Br)NC(c1ccc(Cl)cc1)c1ccsc1. The van der Waals surface area contributed by atoms with Crippen molar-refractivity contribution in [1.29, 1.82) is 0 Å². The number of sulfonamides is 1. The lowest BCUT2D eigenvalue weighted by atomic mass is 10.0. The van der Waals surface area contributed by atoms with Gasteiger partial charge in [-0.15, -0.1) is 0 Å². The average Bonchev–Trinajstić information content (AvgIpc) is 3.26. The Balaban J connectivity index is 1.57. The van der Waals surface area contributed by atoms with E-state index < -0.39 is 16.1 Å². The van der Waals surface area contributed by atoms with Gasteiger partial charge in [0.05, 0.1) is 10.9 Å². The van der Waals surface area contributed by atoms with Gasteiger partial charge >= 0.3 is 6.03 Å². The standard InChI is InChI=1S/C20H18Br2ClN3O3S2/c21-15-3-6-17(22)18(11-15)31(28,29)25-9-8-24-20(27)26-19(14-7-10-30-12-14)13-1-4-16(23)5-2-13/h1-7,10-12,19,25H,8-9H2,(H2,24,26,27). The molecule has 0 fully saturated rings. The maximum Gasteiger partial charge on any atom is 0.315 e. The molecule has 0 saturated carbocycles. The molecule has 0 bridgehead atoms. The lowest BCUT2D eigenvalue weighted by Gasteiger charge is -2.19. The van der Waals surface area contributed by atoms with E-state index in [2.05, 4.69) is 47.2 Å².